The molecule has 0 bridgehead atoms. The first-order valence-corrected chi connectivity index (χ1v) is 12.5. The molecule has 0 saturated heterocycles. The van der Waals surface area contributed by atoms with E-state index in [1.807, 2.05) is 66.7 Å². The molecule has 0 unspecified atom stereocenters. The Morgan fingerprint density at radius 1 is 0.583 bits per heavy atom. The predicted octanol–water partition coefficient (Wildman–Crippen LogP) is 8.05. The van der Waals surface area contributed by atoms with E-state index in [1.165, 1.54) is 4.70 Å². The van der Waals surface area contributed by atoms with Gasteiger partial charge in [0.05, 0.1) is 11.1 Å². The van der Waals surface area contributed by atoms with E-state index in [0.29, 0.717) is 22.3 Å². The number of carbonyl (C=O) groups is 1. The summed E-state index contributed by atoms with van der Waals surface area (Å²) in [6.45, 7) is 0. The highest BCUT2D eigenvalue weighted by Gasteiger charge is 2.24. The standard InChI is InChI=1S/C32H18O3S/c33-30-23-17-18-26-29-22(21-13-7-8-14-25(21)36-26)15-16-24(28(23)29)31(27(30)19-9-3-1-4-10-19)35-32(34)20-11-5-2-6-12-20/h1-18H. The summed E-state index contributed by atoms with van der Waals surface area (Å²) in [6.07, 6.45) is 0. The first-order valence-electron chi connectivity index (χ1n) is 11.7. The largest absolute Gasteiger partial charge is 0.421 e. The lowest BCUT2D eigenvalue weighted by Gasteiger charge is -2.18. The lowest BCUT2D eigenvalue weighted by atomic mass is 9.91. The van der Waals surface area contributed by atoms with Crippen molar-refractivity contribution in [2.75, 3.05) is 0 Å². The maximum Gasteiger partial charge on any atom is 0.343 e. The summed E-state index contributed by atoms with van der Waals surface area (Å²) in [7, 11) is 0. The third kappa shape index (κ3) is 3.05. The van der Waals surface area contributed by atoms with Crippen LogP contribution in [0.3, 0.4) is 0 Å². The summed E-state index contributed by atoms with van der Waals surface area (Å²) in [4.78, 5) is 27.3. The van der Waals surface area contributed by atoms with Crippen molar-refractivity contribution in [3.8, 4) is 16.9 Å². The van der Waals surface area contributed by atoms with Gasteiger partial charge in [0.15, 0.2) is 11.2 Å². The number of carbonyl (C=O) groups excluding carboxylic acids is 1. The van der Waals surface area contributed by atoms with Crippen LogP contribution in [0.1, 0.15) is 10.4 Å². The van der Waals surface area contributed by atoms with Crippen molar-refractivity contribution in [1.29, 1.82) is 0 Å². The Morgan fingerprint density at radius 3 is 2.06 bits per heavy atom. The fraction of sp³-hybridized carbons (Fsp3) is 0. The van der Waals surface area contributed by atoms with Gasteiger partial charge < -0.3 is 4.74 Å². The second kappa shape index (κ2) is 8.01. The molecule has 4 heteroatoms. The first kappa shape index (κ1) is 20.8. The van der Waals surface area contributed by atoms with Gasteiger partial charge in [-0.15, -0.1) is 11.3 Å². The summed E-state index contributed by atoms with van der Waals surface area (Å²) in [6, 6.07) is 34.6. The summed E-state index contributed by atoms with van der Waals surface area (Å²) in [5, 5.41) is 5.49. The van der Waals surface area contributed by atoms with E-state index < -0.39 is 5.97 Å². The van der Waals surface area contributed by atoms with Crippen LogP contribution in [0, 0.1) is 0 Å². The molecule has 0 amide bonds. The molecule has 0 atom stereocenters. The highest BCUT2D eigenvalue weighted by Crippen LogP contribution is 2.45. The number of esters is 1. The molecule has 6 aromatic carbocycles. The minimum absolute atomic E-state index is 0.142. The molecule has 0 aliphatic heterocycles. The van der Waals surface area contributed by atoms with Crippen LogP contribution in [-0.4, -0.2) is 5.97 Å². The van der Waals surface area contributed by atoms with Gasteiger partial charge in [-0.2, -0.15) is 0 Å². The van der Waals surface area contributed by atoms with Gasteiger partial charge in [0.2, 0.25) is 0 Å². The Labute approximate surface area is 210 Å². The first-order chi connectivity index (χ1) is 17.7. The molecule has 0 fully saturated rings. The highest BCUT2D eigenvalue weighted by atomic mass is 32.1. The Balaban J connectivity index is 1.62. The molecule has 36 heavy (non-hydrogen) atoms. The van der Waals surface area contributed by atoms with E-state index in [1.54, 1.807) is 35.6 Å². The van der Waals surface area contributed by atoms with Crippen LogP contribution in [0.4, 0.5) is 0 Å². The minimum atomic E-state index is -0.490. The van der Waals surface area contributed by atoms with Gasteiger partial charge in [0.1, 0.15) is 0 Å². The number of hydrogen-bond acceptors (Lipinski definition) is 4. The van der Waals surface area contributed by atoms with Crippen LogP contribution in [-0.2, 0) is 0 Å². The summed E-state index contributed by atoms with van der Waals surface area (Å²) in [5.41, 5.74) is 1.41. The van der Waals surface area contributed by atoms with Crippen LogP contribution in [0.15, 0.2) is 114 Å². The van der Waals surface area contributed by atoms with Crippen LogP contribution in [0.25, 0.3) is 52.8 Å². The molecule has 0 N–H and O–H groups in total. The van der Waals surface area contributed by atoms with Crippen molar-refractivity contribution in [1.82, 2.24) is 0 Å². The molecule has 0 aliphatic rings. The molecule has 0 spiro atoms. The number of benzene rings is 6. The Kier molecular flexibility index (Phi) is 4.63. The molecule has 7 aromatic rings. The normalized spacial score (nSPS) is 11.6. The average Bonchev–Trinajstić information content (AvgIpc) is 2.93. The van der Waals surface area contributed by atoms with Gasteiger partial charge in [-0.1, -0.05) is 72.8 Å². The molecule has 170 valence electrons. The van der Waals surface area contributed by atoms with Gasteiger partial charge >= 0.3 is 5.97 Å². The van der Waals surface area contributed by atoms with Crippen LogP contribution in [0.5, 0.6) is 5.75 Å². The lowest BCUT2D eigenvalue weighted by Crippen LogP contribution is -2.14. The van der Waals surface area contributed by atoms with Gasteiger partial charge in [0, 0.05) is 30.9 Å². The Bertz CT molecular complexity index is 1990. The van der Waals surface area contributed by atoms with Crippen molar-refractivity contribution < 1.29 is 9.53 Å². The van der Waals surface area contributed by atoms with Gasteiger partial charge in [-0.25, -0.2) is 4.79 Å². The zero-order valence-electron chi connectivity index (χ0n) is 19.0. The third-order valence-electron chi connectivity index (χ3n) is 6.73. The second-order valence-electron chi connectivity index (χ2n) is 8.77. The lowest BCUT2D eigenvalue weighted by molar-refractivity contribution is 0.0738. The number of rotatable bonds is 3. The summed E-state index contributed by atoms with van der Waals surface area (Å²) < 4.78 is 8.35. The molecule has 7 rings (SSSR count). The second-order valence-corrected chi connectivity index (χ2v) is 9.86. The van der Waals surface area contributed by atoms with E-state index in [9.17, 15) is 9.59 Å². The van der Waals surface area contributed by atoms with Crippen LogP contribution < -0.4 is 10.2 Å². The Morgan fingerprint density at radius 2 is 1.25 bits per heavy atom. The van der Waals surface area contributed by atoms with E-state index in [0.717, 1.165) is 37.2 Å². The van der Waals surface area contributed by atoms with Crippen molar-refractivity contribution in [2.24, 2.45) is 0 Å². The van der Waals surface area contributed by atoms with Crippen LogP contribution in [0.2, 0.25) is 0 Å². The van der Waals surface area contributed by atoms with Crippen LogP contribution >= 0.6 is 11.3 Å². The van der Waals surface area contributed by atoms with Gasteiger partial charge in [0.25, 0.3) is 0 Å². The van der Waals surface area contributed by atoms with Crippen molar-refractivity contribution in [2.45, 2.75) is 0 Å². The summed E-state index contributed by atoms with van der Waals surface area (Å²) >= 11 is 1.70. The zero-order valence-corrected chi connectivity index (χ0v) is 19.8. The van der Waals surface area contributed by atoms with Gasteiger partial charge in [-0.05, 0) is 52.7 Å². The van der Waals surface area contributed by atoms with E-state index >= 15 is 0 Å². The fourth-order valence-electron chi connectivity index (χ4n) is 5.12. The maximum atomic E-state index is 14.1. The monoisotopic (exact) mass is 482 g/mol. The minimum Gasteiger partial charge on any atom is -0.421 e. The van der Waals surface area contributed by atoms with Crippen molar-refractivity contribution in [3.63, 3.8) is 0 Å². The molecule has 1 aromatic heterocycles. The third-order valence-corrected chi connectivity index (χ3v) is 7.87. The molecule has 0 aliphatic carbocycles. The topological polar surface area (TPSA) is 43.4 Å². The molecule has 0 radical (unpaired) electrons. The fourth-order valence-corrected chi connectivity index (χ4v) is 6.24. The Hall–Kier alpha value is -4.54. The molecular formula is C32H18O3S. The van der Waals surface area contributed by atoms with Gasteiger partial charge in [-0.3, -0.25) is 4.79 Å². The SMILES string of the molecule is O=C(Oc1c(-c2ccccc2)c(=O)c2ccc3sc4ccccc4c4ccc1c2c34)c1ccccc1. The quantitative estimate of drug-likeness (QED) is 0.111. The molecular weight excluding hydrogens is 464 g/mol. The van der Waals surface area contributed by atoms with E-state index in [4.69, 9.17) is 4.74 Å². The van der Waals surface area contributed by atoms with E-state index in [-0.39, 0.29) is 5.43 Å². The molecule has 3 nitrogen and oxygen atoms in total. The maximum absolute atomic E-state index is 14.1. The van der Waals surface area contributed by atoms with E-state index in [2.05, 4.69) is 18.2 Å². The number of hydrogen-bond donors (Lipinski definition) is 0. The highest BCUT2D eigenvalue weighted by molar-refractivity contribution is 7.25. The number of fused-ring (bicyclic) bond motifs is 2. The summed E-state index contributed by atoms with van der Waals surface area (Å²) in [5.74, 6) is -0.185. The zero-order chi connectivity index (χ0) is 24.2. The predicted molar refractivity (Wildman–Crippen MR) is 149 cm³/mol. The molecule has 1 heterocycles. The average molecular weight is 483 g/mol. The smallest absolute Gasteiger partial charge is 0.343 e. The number of ether oxygens (including phenoxy) is 1. The molecule has 0 saturated carbocycles. The van der Waals surface area contributed by atoms with Crippen molar-refractivity contribution in [3.05, 3.63) is 125 Å². The van der Waals surface area contributed by atoms with Crippen molar-refractivity contribution >= 4 is 59.0 Å².